The van der Waals surface area contributed by atoms with Crippen LogP contribution in [0.5, 0.6) is 0 Å². The van der Waals surface area contributed by atoms with E-state index in [0.717, 1.165) is 0 Å². The molecule has 0 radical (unpaired) electrons. The third-order valence-corrected chi connectivity index (χ3v) is 4.13. The molecule has 3 unspecified atom stereocenters. The van der Waals surface area contributed by atoms with Crippen molar-refractivity contribution in [2.24, 2.45) is 11.7 Å². The van der Waals surface area contributed by atoms with Crippen molar-refractivity contribution in [2.45, 2.75) is 25.0 Å². The van der Waals surface area contributed by atoms with Crippen LogP contribution in [0.2, 0.25) is 0 Å². The Hall–Kier alpha value is -2.72. The number of hydrazine groups is 1. The van der Waals surface area contributed by atoms with Crippen LogP contribution in [0.3, 0.4) is 0 Å². The number of nitrogens with one attached hydrogen (secondary N) is 2. The number of hydrogen-bond acceptors (Lipinski definition) is 8. The van der Waals surface area contributed by atoms with Gasteiger partial charge < -0.3 is 10.6 Å². The average molecular weight is 329 g/mol. The molecule has 126 valence electrons. The van der Waals surface area contributed by atoms with Crippen LogP contribution in [0, 0.1) is 38.7 Å². The van der Waals surface area contributed by atoms with Gasteiger partial charge in [0.15, 0.2) is 0 Å². The van der Waals surface area contributed by atoms with E-state index in [1.165, 1.54) is 18.2 Å². The molecule has 0 saturated carbocycles. The summed E-state index contributed by atoms with van der Waals surface area (Å²) in [6, 6.07) is 8.41. The molecule has 1 saturated heterocycles. The lowest BCUT2D eigenvalue weighted by atomic mass is 9.97. The van der Waals surface area contributed by atoms with Gasteiger partial charge in [-0.05, 0) is 25.0 Å². The summed E-state index contributed by atoms with van der Waals surface area (Å²) in [6.07, 6.45) is 1.02. The summed E-state index contributed by atoms with van der Waals surface area (Å²) in [5.74, 6) is -0.313. The number of nitrogens with two attached hydrogens (primary N) is 1. The summed E-state index contributed by atoms with van der Waals surface area (Å²) in [4.78, 5) is 12.4. The molecule has 1 aliphatic heterocycles. The van der Waals surface area contributed by atoms with Crippen LogP contribution in [-0.4, -0.2) is 30.7 Å². The van der Waals surface area contributed by atoms with Gasteiger partial charge in [0.25, 0.3) is 5.69 Å². The van der Waals surface area contributed by atoms with Crippen LogP contribution in [0.1, 0.15) is 18.4 Å². The highest BCUT2D eigenvalue weighted by atomic mass is 16.6. The Kier molecular flexibility index (Phi) is 5.66. The van der Waals surface area contributed by atoms with Crippen LogP contribution < -0.4 is 21.5 Å². The van der Waals surface area contributed by atoms with Gasteiger partial charge in [-0.25, -0.2) is 5.43 Å². The van der Waals surface area contributed by atoms with E-state index in [1.54, 1.807) is 11.9 Å². The van der Waals surface area contributed by atoms with Crippen molar-refractivity contribution < 1.29 is 4.92 Å². The maximum atomic E-state index is 11.2. The molecule has 0 bridgehead atoms. The van der Waals surface area contributed by atoms with E-state index in [0.29, 0.717) is 30.6 Å². The summed E-state index contributed by atoms with van der Waals surface area (Å²) >= 11 is 0. The number of benzene rings is 1. The Morgan fingerprint density at radius 1 is 1.42 bits per heavy atom. The number of hydrogen-bond donors (Lipinski definition) is 3. The van der Waals surface area contributed by atoms with E-state index in [1.807, 2.05) is 6.07 Å². The molecular weight excluding hydrogens is 310 g/mol. The molecule has 0 amide bonds. The summed E-state index contributed by atoms with van der Waals surface area (Å²) in [5, 5.41) is 29.3. The molecule has 2 rings (SSSR count). The number of anilines is 1. The Labute approximate surface area is 139 Å². The van der Waals surface area contributed by atoms with E-state index in [2.05, 4.69) is 16.9 Å². The molecule has 0 spiro atoms. The average Bonchev–Trinajstić information content (AvgIpc) is 2.93. The predicted octanol–water partition coefficient (Wildman–Crippen LogP) is 0.584. The van der Waals surface area contributed by atoms with Gasteiger partial charge in [0.2, 0.25) is 0 Å². The maximum Gasteiger partial charge on any atom is 0.292 e. The molecule has 9 heteroatoms. The minimum Gasteiger partial charge on any atom is -0.369 e. The van der Waals surface area contributed by atoms with Gasteiger partial charge in [0.05, 0.1) is 34.7 Å². The van der Waals surface area contributed by atoms with Crippen LogP contribution in [0.15, 0.2) is 18.2 Å². The van der Waals surface area contributed by atoms with Crippen molar-refractivity contribution in [3.8, 4) is 12.1 Å². The van der Waals surface area contributed by atoms with Gasteiger partial charge in [0.1, 0.15) is 5.69 Å². The SMILES string of the molecule is CN(CCCC1NNC(N)C1C#N)c1cc(C#N)ccc1[N+](=O)[O-]. The lowest BCUT2D eigenvalue weighted by Gasteiger charge is -2.21. The molecule has 4 N–H and O–H groups in total. The number of nitrogens with zero attached hydrogens (tertiary/aromatic N) is 4. The van der Waals surface area contributed by atoms with Gasteiger partial charge in [-0.15, -0.1) is 0 Å². The van der Waals surface area contributed by atoms with Crippen LogP contribution >= 0.6 is 0 Å². The number of nitro groups is 1. The van der Waals surface area contributed by atoms with E-state index in [-0.39, 0.29) is 17.6 Å². The molecule has 1 heterocycles. The maximum absolute atomic E-state index is 11.2. The molecular formula is C15H19N7O2. The van der Waals surface area contributed by atoms with Gasteiger partial charge in [-0.2, -0.15) is 10.5 Å². The van der Waals surface area contributed by atoms with E-state index < -0.39 is 11.1 Å². The monoisotopic (exact) mass is 329 g/mol. The summed E-state index contributed by atoms with van der Waals surface area (Å²) < 4.78 is 0. The second-order valence-corrected chi connectivity index (χ2v) is 5.71. The molecule has 1 aromatic rings. The first-order valence-corrected chi connectivity index (χ1v) is 7.54. The largest absolute Gasteiger partial charge is 0.369 e. The molecule has 0 aliphatic carbocycles. The molecule has 3 atom stereocenters. The number of rotatable bonds is 6. The molecule has 24 heavy (non-hydrogen) atoms. The fraction of sp³-hybridized carbons (Fsp3) is 0.467. The minimum atomic E-state index is -0.458. The summed E-state index contributed by atoms with van der Waals surface area (Å²) in [6.45, 7) is 0.557. The first-order chi connectivity index (χ1) is 11.5. The van der Waals surface area contributed by atoms with Gasteiger partial charge in [0, 0.05) is 25.7 Å². The molecule has 9 nitrogen and oxygen atoms in total. The third-order valence-electron chi connectivity index (χ3n) is 4.13. The molecule has 1 aliphatic rings. The van der Waals surface area contributed by atoms with Crippen molar-refractivity contribution in [2.75, 3.05) is 18.5 Å². The smallest absolute Gasteiger partial charge is 0.292 e. The van der Waals surface area contributed by atoms with E-state index >= 15 is 0 Å². The zero-order valence-corrected chi connectivity index (χ0v) is 13.3. The highest BCUT2D eigenvalue weighted by Crippen LogP contribution is 2.28. The van der Waals surface area contributed by atoms with Crippen molar-refractivity contribution >= 4 is 11.4 Å². The Balaban J connectivity index is 2.00. The normalized spacial score (nSPS) is 22.6. The highest BCUT2D eigenvalue weighted by molar-refractivity contribution is 5.65. The van der Waals surface area contributed by atoms with E-state index in [4.69, 9.17) is 16.3 Å². The van der Waals surface area contributed by atoms with Crippen molar-refractivity contribution in [3.05, 3.63) is 33.9 Å². The molecule has 0 aromatic heterocycles. The first-order valence-electron chi connectivity index (χ1n) is 7.54. The second-order valence-electron chi connectivity index (χ2n) is 5.71. The zero-order chi connectivity index (χ0) is 17.7. The number of nitro benzene ring substituents is 1. The Morgan fingerprint density at radius 2 is 2.17 bits per heavy atom. The van der Waals surface area contributed by atoms with E-state index in [9.17, 15) is 10.1 Å². The van der Waals surface area contributed by atoms with Gasteiger partial charge >= 0.3 is 0 Å². The lowest BCUT2D eigenvalue weighted by Crippen LogP contribution is -2.38. The van der Waals surface area contributed by atoms with Gasteiger partial charge in [-0.3, -0.25) is 15.5 Å². The quantitative estimate of drug-likeness (QED) is 0.508. The van der Waals surface area contributed by atoms with Crippen LogP contribution in [0.25, 0.3) is 0 Å². The Bertz CT molecular complexity index is 694. The lowest BCUT2D eigenvalue weighted by molar-refractivity contribution is -0.384. The third kappa shape index (κ3) is 3.78. The van der Waals surface area contributed by atoms with Crippen molar-refractivity contribution in [3.63, 3.8) is 0 Å². The van der Waals surface area contributed by atoms with Gasteiger partial charge in [-0.1, -0.05) is 0 Å². The summed E-state index contributed by atoms with van der Waals surface area (Å²) in [5.41, 5.74) is 12.4. The second kappa shape index (κ2) is 7.70. The molecule has 1 fully saturated rings. The highest BCUT2D eigenvalue weighted by Gasteiger charge is 2.33. The minimum absolute atomic E-state index is 0.0333. The molecule has 1 aromatic carbocycles. The Morgan fingerprint density at radius 3 is 2.79 bits per heavy atom. The van der Waals surface area contributed by atoms with Crippen LogP contribution in [0.4, 0.5) is 11.4 Å². The fourth-order valence-electron chi connectivity index (χ4n) is 2.78. The fourth-order valence-corrected chi connectivity index (χ4v) is 2.78. The zero-order valence-electron chi connectivity index (χ0n) is 13.3. The topological polar surface area (TPSA) is 144 Å². The van der Waals surface area contributed by atoms with Crippen LogP contribution in [-0.2, 0) is 0 Å². The predicted molar refractivity (Wildman–Crippen MR) is 87.5 cm³/mol. The number of nitriles is 2. The van der Waals surface area contributed by atoms with Crippen molar-refractivity contribution in [1.82, 2.24) is 10.9 Å². The van der Waals surface area contributed by atoms with Crippen molar-refractivity contribution in [1.29, 1.82) is 10.5 Å². The summed E-state index contributed by atoms with van der Waals surface area (Å²) in [7, 11) is 1.75. The standard InChI is InChI=1S/C15H19N7O2/c1-21(6-2-3-12-11(9-17)15(18)20-19-12)14-7-10(8-16)4-5-13(14)22(23)24/h4-5,7,11-12,15,19-20H,2-3,6,18H2,1H3. The first kappa shape index (κ1) is 17.6.